The van der Waals surface area contributed by atoms with E-state index in [4.69, 9.17) is 23.2 Å². The Morgan fingerprint density at radius 2 is 1.62 bits per heavy atom. The van der Waals surface area contributed by atoms with Gasteiger partial charge in [0.15, 0.2) is 0 Å². The molecule has 0 radical (unpaired) electrons. The van der Waals surface area contributed by atoms with Gasteiger partial charge in [-0.2, -0.15) is 0 Å². The average Bonchev–Trinajstić information content (AvgIpc) is 2.88. The number of carbonyl (C=O) groups is 2. The Balaban J connectivity index is 1.85. The van der Waals surface area contributed by atoms with Gasteiger partial charge in [-0.1, -0.05) is 97.7 Å². The summed E-state index contributed by atoms with van der Waals surface area (Å²) in [6.07, 6.45) is 0.444. The highest BCUT2D eigenvalue weighted by Gasteiger charge is 2.30. The summed E-state index contributed by atoms with van der Waals surface area (Å²) in [4.78, 5) is 29.0. The molecule has 3 aromatic rings. The van der Waals surface area contributed by atoms with Gasteiger partial charge in [-0.05, 0) is 47.2 Å². The first kappa shape index (κ1) is 29.1. The van der Waals surface area contributed by atoms with Crippen LogP contribution in [0.15, 0.2) is 72.8 Å². The van der Waals surface area contributed by atoms with Crippen molar-refractivity contribution >= 4 is 46.8 Å². The quantitative estimate of drug-likeness (QED) is 0.262. The largest absolute Gasteiger partial charge is 0.354 e. The minimum Gasteiger partial charge on any atom is -0.354 e. The zero-order valence-corrected chi connectivity index (χ0v) is 23.9. The molecule has 4 nitrogen and oxygen atoms in total. The van der Waals surface area contributed by atoms with Gasteiger partial charge in [-0.3, -0.25) is 9.59 Å². The van der Waals surface area contributed by atoms with Gasteiger partial charge in [0, 0.05) is 25.3 Å². The van der Waals surface area contributed by atoms with Gasteiger partial charge in [0.2, 0.25) is 11.8 Å². The molecule has 0 aliphatic rings. The first-order valence-electron chi connectivity index (χ1n) is 12.4. The number of benzene rings is 3. The van der Waals surface area contributed by atoms with Gasteiger partial charge >= 0.3 is 0 Å². The fraction of sp³-hybridized carbons (Fsp3) is 0.333. The summed E-state index contributed by atoms with van der Waals surface area (Å²) in [5, 5.41) is 4.07. The van der Waals surface area contributed by atoms with Crippen molar-refractivity contribution in [1.29, 1.82) is 0 Å². The number of aryl methyl sites for hydroxylation is 1. The molecule has 0 unspecified atom stereocenters. The Bertz CT molecular complexity index is 1190. The van der Waals surface area contributed by atoms with E-state index in [1.807, 2.05) is 73.7 Å². The van der Waals surface area contributed by atoms with Crippen molar-refractivity contribution in [3.63, 3.8) is 0 Å². The lowest BCUT2D eigenvalue weighted by atomic mass is 10.0. The molecule has 3 aromatic carbocycles. The molecule has 0 saturated heterocycles. The second-order valence-electron chi connectivity index (χ2n) is 9.53. The van der Waals surface area contributed by atoms with Crippen LogP contribution in [0.1, 0.15) is 36.1 Å². The highest BCUT2D eigenvalue weighted by atomic mass is 35.5. The van der Waals surface area contributed by atoms with Crippen LogP contribution in [0.3, 0.4) is 0 Å². The minimum absolute atomic E-state index is 0.0751. The third-order valence-electron chi connectivity index (χ3n) is 6.04. The van der Waals surface area contributed by atoms with E-state index in [0.717, 1.165) is 22.3 Å². The van der Waals surface area contributed by atoms with Crippen molar-refractivity contribution in [2.75, 3.05) is 12.3 Å². The van der Waals surface area contributed by atoms with E-state index in [9.17, 15) is 9.59 Å². The van der Waals surface area contributed by atoms with Crippen LogP contribution in [-0.2, 0) is 28.3 Å². The number of hydrogen-bond donors (Lipinski definition) is 1. The molecule has 0 fully saturated rings. The van der Waals surface area contributed by atoms with Crippen molar-refractivity contribution in [2.24, 2.45) is 5.92 Å². The Kier molecular flexibility index (Phi) is 11.4. The predicted octanol–water partition coefficient (Wildman–Crippen LogP) is 6.95. The molecule has 1 atom stereocenters. The lowest BCUT2D eigenvalue weighted by molar-refractivity contribution is -0.139. The molecule has 196 valence electrons. The lowest BCUT2D eigenvalue weighted by Crippen LogP contribution is -2.51. The van der Waals surface area contributed by atoms with Crippen LogP contribution in [0.4, 0.5) is 0 Å². The molecule has 37 heavy (non-hydrogen) atoms. The van der Waals surface area contributed by atoms with E-state index in [0.29, 0.717) is 41.2 Å². The maximum absolute atomic E-state index is 13.7. The molecule has 2 amide bonds. The zero-order chi connectivity index (χ0) is 26.8. The summed E-state index contributed by atoms with van der Waals surface area (Å²) >= 11 is 13.7. The van der Waals surface area contributed by atoms with E-state index in [-0.39, 0.29) is 17.6 Å². The molecular formula is C30H34Cl2N2O2S. The van der Waals surface area contributed by atoms with Crippen molar-refractivity contribution in [3.8, 4) is 0 Å². The van der Waals surface area contributed by atoms with Crippen LogP contribution >= 0.6 is 35.0 Å². The lowest BCUT2D eigenvalue weighted by Gasteiger charge is -2.32. The van der Waals surface area contributed by atoms with Gasteiger partial charge in [0.25, 0.3) is 0 Å². The van der Waals surface area contributed by atoms with Crippen molar-refractivity contribution in [2.45, 2.75) is 45.5 Å². The Labute approximate surface area is 234 Å². The number of carbonyl (C=O) groups excluding carboxylic acids is 2. The molecule has 1 N–H and O–H groups in total. The number of hydrogen-bond acceptors (Lipinski definition) is 3. The number of nitrogens with one attached hydrogen (secondary N) is 1. The van der Waals surface area contributed by atoms with Crippen molar-refractivity contribution < 1.29 is 9.59 Å². The molecule has 0 spiro atoms. The third kappa shape index (κ3) is 9.10. The molecule has 0 aromatic heterocycles. The van der Waals surface area contributed by atoms with Crippen LogP contribution in [0.2, 0.25) is 10.0 Å². The maximum Gasteiger partial charge on any atom is 0.243 e. The van der Waals surface area contributed by atoms with E-state index < -0.39 is 6.04 Å². The summed E-state index contributed by atoms with van der Waals surface area (Å²) in [7, 11) is 0. The molecule has 0 aliphatic carbocycles. The van der Waals surface area contributed by atoms with Crippen LogP contribution in [-0.4, -0.2) is 35.1 Å². The maximum atomic E-state index is 13.7. The van der Waals surface area contributed by atoms with Gasteiger partial charge < -0.3 is 10.2 Å². The highest BCUT2D eigenvalue weighted by molar-refractivity contribution is 7.99. The van der Waals surface area contributed by atoms with Crippen LogP contribution in [0, 0.1) is 12.8 Å². The number of halogens is 2. The SMILES string of the molecule is Cc1ccccc1CN(C(=O)CSCc1ccc(Cl)c(Cl)c1)[C@@H](Cc1ccccc1)C(=O)NCC(C)C. The van der Waals surface area contributed by atoms with E-state index in [2.05, 4.69) is 19.2 Å². The van der Waals surface area contributed by atoms with Crippen LogP contribution < -0.4 is 5.32 Å². The molecule has 3 rings (SSSR count). The Morgan fingerprint density at radius 1 is 0.919 bits per heavy atom. The molecule has 0 heterocycles. The fourth-order valence-electron chi connectivity index (χ4n) is 3.92. The average molecular weight is 558 g/mol. The van der Waals surface area contributed by atoms with Crippen molar-refractivity contribution in [3.05, 3.63) is 105 Å². The number of nitrogens with zero attached hydrogens (tertiary/aromatic N) is 1. The molecule has 7 heteroatoms. The summed E-state index contributed by atoms with van der Waals surface area (Å²) in [5.74, 6) is 0.963. The fourth-order valence-corrected chi connectivity index (χ4v) is 5.09. The summed E-state index contributed by atoms with van der Waals surface area (Å²) in [6.45, 7) is 7.07. The predicted molar refractivity (Wildman–Crippen MR) is 156 cm³/mol. The standard InChI is InChI=1S/C30H34Cl2N2O2S/c1-21(2)17-33-30(36)28(16-23-10-5-4-6-11-23)34(18-25-12-8-7-9-22(25)3)29(35)20-37-19-24-13-14-26(31)27(32)15-24/h4-15,21,28H,16-20H2,1-3H3,(H,33,36)/t28-/m0/s1. The smallest absolute Gasteiger partial charge is 0.243 e. The minimum atomic E-state index is -0.626. The molecule has 0 aliphatic heterocycles. The normalized spacial score (nSPS) is 11.8. The number of amides is 2. The first-order chi connectivity index (χ1) is 17.7. The molecular weight excluding hydrogens is 523 g/mol. The second kappa shape index (κ2) is 14.5. The third-order valence-corrected chi connectivity index (χ3v) is 7.76. The summed E-state index contributed by atoms with van der Waals surface area (Å²) in [5.41, 5.74) is 4.12. The van der Waals surface area contributed by atoms with Gasteiger partial charge in [-0.25, -0.2) is 0 Å². The van der Waals surface area contributed by atoms with Crippen LogP contribution in [0.25, 0.3) is 0 Å². The summed E-state index contributed by atoms with van der Waals surface area (Å²) in [6, 6.07) is 22.7. The van der Waals surface area contributed by atoms with E-state index in [1.54, 1.807) is 11.0 Å². The first-order valence-corrected chi connectivity index (χ1v) is 14.3. The zero-order valence-electron chi connectivity index (χ0n) is 21.5. The van der Waals surface area contributed by atoms with Gasteiger partial charge in [0.1, 0.15) is 6.04 Å². The highest BCUT2D eigenvalue weighted by Crippen LogP contribution is 2.25. The van der Waals surface area contributed by atoms with Crippen LogP contribution in [0.5, 0.6) is 0 Å². The molecule has 0 bridgehead atoms. The summed E-state index contributed by atoms with van der Waals surface area (Å²) < 4.78 is 0. The topological polar surface area (TPSA) is 49.4 Å². The molecule has 0 saturated carbocycles. The van der Waals surface area contributed by atoms with E-state index in [1.165, 1.54) is 11.8 Å². The van der Waals surface area contributed by atoms with Gasteiger partial charge in [-0.15, -0.1) is 11.8 Å². The van der Waals surface area contributed by atoms with Crippen molar-refractivity contribution in [1.82, 2.24) is 10.2 Å². The monoisotopic (exact) mass is 556 g/mol. The Morgan fingerprint density at radius 3 is 2.30 bits per heavy atom. The number of rotatable bonds is 12. The number of thioether (sulfide) groups is 1. The Hall–Kier alpha value is -2.47. The van der Waals surface area contributed by atoms with Gasteiger partial charge in [0.05, 0.1) is 15.8 Å². The van der Waals surface area contributed by atoms with E-state index >= 15 is 0 Å². The second-order valence-corrected chi connectivity index (χ2v) is 11.3.